The van der Waals surface area contributed by atoms with Crippen LogP contribution in [0.3, 0.4) is 0 Å². The fraction of sp³-hybridized carbons (Fsp3) is 0.222. The van der Waals surface area contributed by atoms with Gasteiger partial charge in [0.2, 0.25) is 10.0 Å². The lowest BCUT2D eigenvalue weighted by Crippen LogP contribution is -2.41. The highest BCUT2D eigenvalue weighted by molar-refractivity contribution is 9.10. The second-order valence-electron chi connectivity index (χ2n) is 6.03. The number of halogens is 1. The number of sulfonamides is 1. The second-order valence-corrected chi connectivity index (χ2v) is 8.82. The maximum Gasteiger partial charge on any atom is 0.270 e. The molecular formula is C18H18BrN3O4S. The van der Waals surface area contributed by atoms with Crippen LogP contribution in [-0.4, -0.2) is 37.6 Å². The van der Waals surface area contributed by atoms with Crippen molar-refractivity contribution in [2.45, 2.75) is 17.7 Å². The third-order valence-corrected chi connectivity index (χ3v) is 6.80. The normalized spacial score (nSPS) is 14.7. The first kappa shape index (κ1) is 19.5. The molecule has 27 heavy (non-hydrogen) atoms. The Labute approximate surface area is 165 Å². The van der Waals surface area contributed by atoms with E-state index >= 15 is 0 Å². The molecule has 1 saturated heterocycles. The third-order valence-electron chi connectivity index (χ3n) is 4.21. The van der Waals surface area contributed by atoms with E-state index in [1.807, 2.05) is 0 Å². The lowest BCUT2D eigenvalue weighted by molar-refractivity contribution is 0.0846. The van der Waals surface area contributed by atoms with Gasteiger partial charge >= 0.3 is 0 Å². The Balaban J connectivity index is 1.76. The second kappa shape index (κ2) is 8.20. The van der Waals surface area contributed by atoms with Crippen molar-refractivity contribution < 1.29 is 18.0 Å². The van der Waals surface area contributed by atoms with Gasteiger partial charge in [0.05, 0.1) is 10.5 Å². The van der Waals surface area contributed by atoms with Crippen LogP contribution in [0.15, 0.2) is 57.9 Å². The molecule has 0 atom stereocenters. The van der Waals surface area contributed by atoms with Crippen LogP contribution in [0.2, 0.25) is 0 Å². The van der Waals surface area contributed by atoms with E-state index < -0.39 is 21.8 Å². The monoisotopic (exact) mass is 451 g/mol. The number of benzene rings is 2. The molecule has 1 fully saturated rings. The van der Waals surface area contributed by atoms with Crippen LogP contribution < -0.4 is 10.9 Å². The quantitative estimate of drug-likeness (QED) is 0.697. The molecule has 142 valence electrons. The zero-order valence-electron chi connectivity index (χ0n) is 14.3. The highest BCUT2D eigenvalue weighted by Gasteiger charge is 2.28. The molecule has 1 aliphatic heterocycles. The summed E-state index contributed by atoms with van der Waals surface area (Å²) in [4.78, 5) is 24.5. The van der Waals surface area contributed by atoms with Gasteiger partial charge in [0.15, 0.2) is 0 Å². The lowest BCUT2D eigenvalue weighted by atomic mass is 10.2. The predicted molar refractivity (Wildman–Crippen MR) is 104 cm³/mol. The zero-order chi connectivity index (χ0) is 19.4. The van der Waals surface area contributed by atoms with E-state index in [1.54, 1.807) is 30.3 Å². The van der Waals surface area contributed by atoms with Crippen molar-refractivity contribution in [3.63, 3.8) is 0 Å². The molecule has 0 saturated carbocycles. The fourth-order valence-electron chi connectivity index (χ4n) is 2.76. The Morgan fingerprint density at radius 3 is 2.22 bits per heavy atom. The van der Waals surface area contributed by atoms with E-state index in [0.717, 1.165) is 12.8 Å². The van der Waals surface area contributed by atoms with Crippen molar-refractivity contribution in [1.29, 1.82) is 0 Å². The van der Waals surface area contributed by atoms with Crippen molar-refractivity contribution >= 4 is 37.8 Å². The lowest BCUT2D eigenvalue weighted by Gasteiger charge is -2.16. The number of amides is 2. The third kappa shape index (κ3) is 4.37. The number of nitrogens with zero attached hydrogens (tertiary/aromatic N) is 1. The summed E-state index contributed by atoms with van der Waals surface area (Å²) in [5, 5.41) is 0. The summed E-state index contributed by atoms with van der Waals surface area (Å²) >= 11 is 3.25. The molecular weight excluding hydrogens is 434 g/mol. The molecule has 0 bridgehead atoms. The van der Waals surface area contributed by atoms with Gasteiger partial charge in [-0.25, -0.2) is 8.42 Å². The van der Waals surface area contributed by atoms with Crippen molar-refractivity contribution in [3.05, 3.63) is 64.1 Å². The van der Waals surface area contributed by atoms with E-state index in [-0.39, 0.29) is 10.5 Å². The summed E-state index contributed by atoms with van der Waals surface area (Å²) in [5.41, 5.74) is 5.13. The summed E-state index contributed by atoms with van der Waals surface area (Å²) < 4.78 is 27.2. The van der Waals surface area contributed by atoms with Gasteiger partial charge in [0.1, 0.15) is 0 Å². The maximum atomic E-state index is 12.7. The highest BCUT2D eigenvalue weighted by Crippen LogP contribution is 2.25. The van der Waals surface area contributed by atoms with E-state index in [2.05, 4.69) is 26.8 Å². The van der Waals surface area contributed by atoms with Gasteiger partial charge in [-0.1, -0.05) is 18.2 Å². The van der Waals surface area contributed by atoms with E-state index in [4.69, 9.17) is 0 Å². The molecule has 2 aromatic carbocycles. The molecule has 0 aliphatic carbocycles. The average Bonchev–Trinajstić information content (AvgIpc) is 3.22. The summed E-state index contributed by atoms with van der Waals surface area (Å²) in [7, 11) is -3.64. The first-order valence-electron chi connectivity index (χ1n) is 8.35. The number of hydrazine groups is 1. The number of hydrogen-bond donors (Lipinski definition) is 2. The van der Waals surface area contributed by atoms with Gasteiger partial charge in [-0.05, 0) is 59.1 Å². The molecule has 9 heteroatoms. The van der Waals surface area contributed by atoms with Gasteiger partial charge in [-0.2, -0.15) is 4.31 Å². The number of rotatable bonds is 4. The molecule has 0 aromatic heterocycles. The number of hydrogen-bond acceptors (Lipinski definition) is 4. The topological polar surface area (TPSA) is 95.6 Å². The number of carbonyl (C=O) groups excluding carboxylic acids is 2. The Morgan fingerprint density at radius 1 is 0.926 bits per heavy atom. The molecule has 0 spiro atoms. The molecule has 1 heterocycles. The van der Waals surface area contributed by atoms with Crippen molar-refractivity contribution in [3.8, 4) is 0 Å². The first-order chi connectivity index (χ1) is 12.9. The van der Waals surface area contributed by atoms with Crippen molar-refractivity contribution in [2.75, 3.05) is 13.1 Å². The summed E-state index contributed by atoms with van der Waals surface area (Å²) in [6.45, 7) is 0.958. The molecule has 2 aromatic rings. The number of nitrogens with one attached hydrogen (secondary N) is 2. The van der Waals surface area contributed by atoms with Crippen LogP contribution >= 0.6 is 15.9 Å². The molecule has 2 N–H and O–H groups in total. The van der Waals surface area contributed by atoms with Gasteiger partial charge < -0.3 is 0 Å². The molecule has 0 radical (unpaired) electrons. The van der Waals surface area contributed by atoms with E-state index in [9.17, 15) is 18.0 Å². The molecule has 1 aliphatic rings. The van der Waals surface area contributed by atoms with Crippen LogP contribution in [0.25, 0.3) is 0 Å². The fourth-order valence-corrected chi connectivity index (χ4v) is 4.73. The summed E-state index contributed by atoms with van der Waals surface area (Å²) in [6.07, 6.45) is 1.66. The molecule has 7 nitrogen and oxygen atoms in total. The minimum Gasteiger partial charge on any atom is -0.267 e. The Kier molecular flexibility index (Phi) is 5.93. The largest absolute Gasteiger partial charge is 0.270 e. The SMILES string of the molecule is O=C(NNC(=O)c1cc(S(=O)(=O)N2CCCC2)ccc1Br)c1ccccc1. The average molecular weight is 452 g/mol. The van der Waals surface area contributed by atoms with Crippen LogP contribution in [-0.2, 0) is 10.0 Å². The van der Waals surface area contributed by atoms with Crippen LogP contribution in [0.4, 0.5) is 0 Å². The van der Waals surface area contributed by atoms with Crippen LogP contribution in [0.5, 0.6) is 0 Å². The highest BCUT2D eigenvalue weighted by atomic mass is 79.9. The summed E-state index contributed by atoms with van der Waals surface area (Å²) in [6, 6.07) is 12.7. The van der Waals surface area contributed by atoms with E-state index in [1.165, 1.54) is 22.5 Å². The minimum absolute atomic E-state index is 0.0483. The smallest absolute Gasteiger partial charge is 0.267 e. The molecule has 3 rings (SSSR count). The standard InChI is InChI=1S/C18H18BrN3O4S/c19-16-9-8-14(27(25,26)22-10-4-5-11-22)12-15(16)18(24)21-20-17(23)13-6-2-1-3-7-13/h1-3,6-9,12H,4-5,10-11H2,(H,20,23)(H,21,24). The predicted octanol–water partition coefficient (Wildman–Crippen LogP) is 2.31. The number of carbonyl (C=O) groups is 2. The van der Waals surface area contributed by atoms with Crippen LogP contribution in [0.1, 0.15) is 33.6 Å². The Hall–Kier alpha value is -2.23. The van der Waals surface area contributed by atoms with Crippen molar-refractivity contribution in [1.82, 2.24) is 15.2 Å². The Morgan fingerprint density at radius 2 is 1.56 bits per heavy atom. The van der Waals surface area contributed by atoms with Gasteiger partial charge in [0, 0.05) is 23.1 Å². The van der Waals surface area contributed by atoms with Crippen LogP contribution in [0, 0.1) is 0 Å². The minimum atomic E-state index is -3.64. The maximum absolute atomic E-state index is 12.7. The Bertz CT molecular complexity index is 958. The summed E-state index contributed by atoms with van der Waals surface area (Å²) in [5.74, 6) is -1.09. The first-order valence-corrected chi connectivity index (χ1v) is 10.6. The van der Waals surface area contributed by atoms with Gasteiger partial charge in [0.25, 0.3) is 11.8 Å². The zero-order valence-corrected chi connectivity index (χ0v) is 16.7. The van der Waals surface area contributed by atoms with Gasteiger partial charge in [-0.3, -0.25) is 20.4 Å². The van der Waals surface area contributed by atoms with Crippen molar-refractivity contribution in [2.24, 2.45) is 0 Å². The van der Waals surface area contributed by atoms with E-state index in [0.29, 0.717) is 23.1 Å². The molecule has 0 unspecified atom stereocenters. The van der Waals surface area contributed by atoms with Gasteiger partial charge in [-0.15, -0.1) is 0 Å². The molecule has 2 amide bonds.